The second kappa shape index (κ2) is 5.44. The first-order valence-electron chi connectivity index (χ1n) is 7.37. The molecule has 0 amide bonds. The van der Waals surface area contributed by atoms with Gasteiger partial charge in [-0.05, 0) is 46.5 Å². The lowest BCUT2D eigenvalue weighted by atomic mass is 9.85. The second-order valence-electron chi connectivity index (χ2n) is 7.18. The summed E-state index contributed by atoms with van der Waals surface area (Å²) in [7, 11) is 0. The van der Waals surface area contributed by atoms with Gasteiger partial charge in [-0.25, -0.2) is 4.79 Å². The Bertz CT molecular complexity index is 462. The van der Waals surface area contributed by atoms with Crippen LogP contribution in [0.15, 0.2) is 12.2 Å². The van der Waals surface area contributed by atoms with E-state index in [1.54, 1.807) is 6.92 Å². The fraction of sp³-hybridized carbons (Fsp3) is 0.750. The molecule has 5 nitrogen and oxygen atoms in total. The van der Waals surface area contributed by atoms with E-state index in [1.165, 1.54) is 0 Å². The van der Waals surface area contributed by atoms with Gasteiger partial charge in [0.1, 0.15) is 11.7 Å². The van der Waals surface area contributed by atoms with Crippen molar-refractivity contribution < 1.29 is 24.2 Å². The van der Waals surface area contributed by atoms with Crippen molar-refractivity contribution in [3.05, 3.63) is 12.2 Å². The molecule has 0 aliphatic heterocycles. The molecule has 2 aliphatic rings. The molecule has 0 aromatic heterocycles. The van der Waals surface area contributed by atoms with E-state index in [4.69, 9.17) is 9.47 Å². The van der Waals surface area contributed by atoms with Gasteiger partial charge < -0.3 is 14.6 Å². The molecule has 2 fully saturated rings. The Hall–Kier alpha value is -1.36. The number of ether oxygens (including phenoxy) is 2. The Balaban J connectivity index is 2.07. The predicted octanol–water partition coefficient (Wildman–Crippen LogP) is 1.83. The number of carbonyl (C=O) groups is 2. The fourth-order valence-electron chi connectivity index (χ4n) is 3.30. The van der Waals surface area contributed by atoms with Crippen LogP contribution < -0.4 is 0 Å². The molecular formula is C16H24O5. The summed E-state index contributed by atoms with van der Waals surface area (Å²) in [5.74, 6) is -1.26. The topological polar surface area (TPSA) is 72.8 Å². The maximum absolute atomic E-state index is 12.3. The van der Waals surface area contributed by atoms with Crippen molar-refractivity contribution in [2.24, 2.45) is 17.8 Å². The van der Waals surface area contributed by atoms with Gasteiger partial charge in [-0.3, -0.25) is 4.79 Å². The molecule has 2 rings (SSSR count). The van der Waals surface area contributed by atoms with E-state index >= 15 is 0 Å². The zero-order valence-corrected chi connectivity index (χ0v) is 13.1. The minimum absolute atomic E-state index is 0.00422. The van der Waals surface area contributed by atoms with Crippen LogP contribution in [0.1, 0.15) is 40.5 Å². The molecule has 0 radical (unpaired) electrons. The third-order valence-corrected chi connectivity index (χ3v) is 4.19. The summed E-state index contributed by atoms with van der Waals surface area (Å²) in [6.45, 7) is 10.6. The summed E-state index contributed by atoms with van der Waals surface area (Å²) >= 11 is 0. The number of hydrogen-bond donors (Lipinski definition) is 1. The average molecular weight is 296 g/mol. The first-order chi connectivity index (χ1) is 9.60. The highest BCUT2D eigenvalue weighted by atomic mass is 16.6. The van der Waals surface area contributed by atoms with E-state index in [2.05, 4.69) is 6.58 Å². The lowest BCUT2D eigenvalue weighted by Crippen LogP contribution is -2.43. The number of aliphatic hydroxyl groups is 1. The monoisotopic (exact) mass is 296 g/mol. The zero-order valence-electron chi connectivity index (χ0n) is 13.1. The summed E-state index contributed by atoms with van der Waals surface area (Å²) in [4.78, 5) is 23.9. The van der Waals surface area contributed by atoms with Crippen LogP contribution in [0, 0.1) is 17.8 Å². The standard InChI is InChI=1S/C16H24O5/c1-8(2)14(18)20-13-10-6-9(12(13)17)7-11(10)15(19)21-16(3,4)5/h9-13,17H,1,6-7H2,2-5H3/t9-,10+,11?,12?,13?/m0/s1. The van der Waals surface area contributed by atoms with E-state index in [0.717, 1.165) is 0 Å². The summed E-state index contributed by atoms with van der Waals surface area (Å²) < 4.78 is 10.8. The molecule has 1 N–H and O–H groups in total. The third kappa shape index (κ3) is 3.28. The van der Waals surface area contributed by atoms with Crippen molar-refractivity contribution in [2.75, 3.05) is 0 Å². The van der Waals surface area contributed by atoms with Crippen LogP contribution >= 0.6 is 0 Å². The lowest BCUT2D eigenvalue weighted by molar-refractivity contribution is -0.171. The highest BCUT2D eigenvalue weighted by molar-refractivity contribution is 5.87. The van der Waals surface area contributed by atoms with Gasteiger partial charge in [0.25, 0.3) is 0 Å². The van der Waals surface area contributed by atoms with Crippen LogP contribution in [0.2, 0.25) is 0 Å². The smallest absolute Gasteiger partial charge is 0.333 e. The van der Waals surface area contributed by atoms with Crippen molar-refractivity contribution in [2.45, 2.75) is 58.3 Å². The number of carbonyl (C=O) groups excluding carboxylic acids is 2. The highest BCUT2D eigenvalue weighted by Crippen LogP contribution is 2.50. The van der Waals surface area contributed by atoms with Crippen molar-refractivity contribution in [1.29, 1.82) is 0 Å². The van der Waals surface area contributed by atoms with Gasteiger partial charge in [-0.2, -0.15) is 0 Å². The second-order valence-corrected chi connectivity index (χ2v) is 7.18. The van der Waals surface area contributed by atoms with Gasteiger partial charge in [0, 0.05) is 11.5 Å². The molecule has 0 aromatic carbocycles. The van der Waals surface area contributed by atoms with Crippen LogP contribution in [-0.4, -0.2) is 34.9 Å². The molecule has 0 spiro atoms. The number of rotatable bonds is 3. The van der Waals surface area contributed by atoms with E-state index < -0.39 is 23.8 Å². The lowest BCUT2D eigenvalue weighted by Gasteiger charge is -2.33. The summed E-state index contributed by atoms with van der Waals surface area (Å²) in [5, 5.41) is 10.2. The van der Waals surface area contributed by atoms with Crippen molar-refractivity contribution in [3.8, 4) is 0 Å². The largest absolute Gasteiger partial charge is 0.460 e. The summed E-state index contributed by atoms with van der Waals surface area (Å²) in [6.07, 6.45) is -0.0383. The van der Waals surface area contributed by atoms with Crippen LogP contribution in [-0.2, 0) is 19.1 Å². The minimum atomic E-state index is -0.697. The summed E-state index contributed by atoms with van der Waals surface area (Å²) in [6, 6.07) is 0. The molecule has 118 valence electrons. The Labute approximate surface area is 125 Å². The molecule has 3 unspecified atom stereocenters. The minimum Gasteiger partial charge on any atom is -0.460 e. The van der Waals surface area contributed by atoms with Gasteiger partial charge >= 0.3 is 11.9 Å². The van der Waals surface area contributed by atoms with Crippen molar-refractivity contribution in [1.82, 2.24) is 0 Å². The highest BCUT2D eigenvalue weighted by Gasteiger charge is 2.57. The van der Waals surface area contributed by atoms with Crippen LogP contribution in [0.5, 0.6) is 0 Å². The van der Waals surface area contributed by atoms with Gasteiger partial charge in [0.2, 0.25) is 0 Å². The predicted molar refractivity (Wildman–Crippen MR) is 76.2 cm³/mol. The van der Waals surface area contributed by atoms with Gasteiger partial charge in [0.15, 0.2) is 0 Å². The Morgan fingerprint density at radius 2 is 1.86 bits per heavy atom. The van der Waals surface area contributed by atoms with Crippen LogP contribution in [0.3, 0.4) is 0 Å². The zero-order chi connectivity index (χ0) is 15.9. The molecule has 0 saturated heterocycles. The molecule has 2 aliphatic carbocycles. The number of esters is 2. The van der Waals surface area contributed by atoms with Gasteiger partial charge in [-0.1, -0.05) is 6.58 Å². The molecule has 21 heavy (non-hydrogen) atoms. The van der Waals surface area contributed by atoms with E-state index in [-0.39, 0.29) is 23.7 Å². The normalized spacial score (nSPS) is 34.6. The Kier molecular flexibility index (Phi) is 4.15. The molecule has 2 saturated carbocycles. The van der Waals surface area contributed by atoms with E-state index in [0.29, 0.717) is 18.4 Å². The maximum atomic E-state index is 12.3. The van der Waals surface area contributed by atoms with Crippen LogP contribution in [0.4, 0.5) is 0 Å². The first-order valence-corrected chi connectivity index (χ1v) is 7.37. The first kappa shape index (κ1) is 16.0. The average Bonchev–Trinajstić information content (AvgIpc) is 2.87. The molecule has 5 atom stereocenters. The Morgan fingerprint density at radius 3 is 2.33 bits per heavy atom. The van der Waals surface area contributed by atoms with E-state index in [1.807, 2.05) is 20.8 Å². The SMILES string of the molecule is C=C(C)C(=O)OC1C(O)[C@@H]2CC(C(=O)OC(C)(C)C)[C@H]1C2. The molecule has 0 heterocycles. The number of fused-ring (bicyclic) bond motifs is 2. The molecule has 0 aromatic rings. The van der Waals surface area contributed by atoms with Crippen molar-refractivity contribution in [3.63, 3.8) is 0 Å². The molecular weight excluding hydrogens is 272 g/mol. The third-order valence-electron chi connectivity index (χ3n) is 4.19. The van der Waals surface area contributed by atoms with Gasteiger partial charge in [0.05, 0.1) is 12.0 Å². The van der Waals surface area contributed by atoms with Crippen molar-refractivity contribution >= 4 is 11.9 Å². The summed E-state index contributed by atoms with van der Waals surface area (Å²) in [5.41, 5.74) is -0.250. The fourth-order valence-corrected chi connectivity index (χ4v) is 3.30. The molecule has 2 bridgehead atoms. The quantitative estimate of drug-likeness (QED) is 0.635. The number of hydrogen-bond acceptors (Lipinski definition) is 5. The molecule has 5 heteroatoms. The van der Waals surface area contributed by atoms with Gasteiger partial charge in [-0.15, -0.1) is 0 Å². The van der Waals surface area contributed by atoms with Crippen LogP contribution in [0.25, 0.3) is 0 Å². The Morgan fingerprint density at radius 1 is 1.24 bits per heavy atom. The number of aliphatic hydroxyl groups excluding tert-OH is 1. The maximum Gasteiger partial charge on any atom is 0.333 e. The van der Waals surface area contributed by atoms with E-state index in [9.17, 15) is 14.7 Å².